The molecular formula is C24H37N5O+2. The van der Waals surface area contributed by atoms with E-state index in [1.54, 1.807) is 4.90 Å². The maximum atomic E-state index is 10.2. The van der Waals surface area contributed by atoms with Crippen LogP contribution in [0.15, 0.2) is 0 Å². The third-order valence-electron chi connectivity index (χ3n) is 7.82. The van der Waals surface area contributed by atoms with Gasteiger partial charge >= 0.3 is 0 Å². The van der Waals surface area contributed by atoms with Crippen molar-refractivity contribution in [2.24, 2.45) is 0 Å². The van der Waals surface area contributed by atoms with E-state index >= 15 is 0 Å². The van der Waals surface area contributed by atoms with E-state index in [9.17, 15) is 5.26 Å². The minimum Gasteiger partial charge on any atom is -0.375 e. The molecule has 2 saturated heterocycles. The van der Waals surface area contributed by atoms with Crippen molar-refractivity contribution in [3.63, 3.8) is 0 Å². The average Bonchev–Trinajstić information content (AvgIpc) is 2.84. The number of quaternary nitrogens is 1. The Morgan fingerprint density at radius 2 is 1.57 bits per heavy atom. The highest BCUT2D eigenvalue weighted by Gasteiger charge is 2.37. The molecule has 3 aliphatic heterocycles. The third kappa shape index (κ3) is 3.90. The number of nitrogens with one attached hydrogen (secondary N) is 2. The van der Waals surface area contributed by atoms with Crippen molar-refractivity contribution in [3.8, 4) is 6.07 Å². The highest BCUT2D eigenvalue weighted by Crippen LogP contribution is 2.31. The zero-order valence-electron chi connectivity index (χ0n) is 18.3. The standard InChI is InChI=1S/C24H35N5O/c25-17-21-20-9-12-29(19-7-3-1-4-8-19)18-22(20)24(28-13-15-30-16-14-28)26-23(21)27-10-5-2-6-11-27/h19H,1-16,18H2/p+2. The zero-order valence-corrected chi connectivity index (χ0v) is 18.3. The molecular weight excluding hydrogens is 374 g/mol. The van der Waals surface area contributed by atoms with Crippen molar-refractivity contribution in [2.45, 2.75) is 70.4 Å². The number of anilines is 2. The van der Waals surface area contributed by atoms with Crippen LogP contribution >= 0.6 is 0 Å². The van der Waals surface area contributed by atoms with Crippen LogP contribution < -0.4 is 19.7 Å². The number of pyridine rings is 1. The van der Waals surface area contributed by atoms with E-state index in [-0.39, 0.29) is 0 Å². The van der Waals surface area contributed by atoms with Crippen LogP contribution in [0.4, 0.5) is 11.6 Å². The normalized spacial score (nSPS) is 25.6. The summed E-state index contributed by atoms with van der Waals surface area (Å²) >= 11 is 0. The number of fused-ring (bicyclic) bond motifs is 1. The number of aromatic nitrogens is 1. The molecule has 30 heavy (non-hydrogen) atoms. The summed E-state index contributed by atoms with van der Waals surface area (Å²) in [5.41, 5.74) is 3.67. The van der Waals surface area contributed by atoms with Crippen LogP contribution in [-0.4, -0.2) is 52.0 Å². The Hall–Kier alpha value is -1.84. The van der Waals surface area contributed by atoms with Gasteiger partial charge in [0.05, 0.1) is 57.5 Å². The molecule has 1 aliphatic carbocycles. The third-order valence-corrected chi connectivity index (χ3v) is 7.82. The molecule has 1 aromatic heterocycles. The van der Waals surface area contributed by atoms with Crippen LogP contribution in [-0.2, 0) is 17.7 Å². The average molecular weight is 412 g/mol. The second kappa shape index (κ2) is 9.11. The number of hydrogen-bond donors (Lipinski definition) is 1. The SMILES string of the molecule is N#Cc1c(N2CCCCC2)[nH+]c(N2CCOCC2)c2c1CC[NH+](C1CCCCC1)C2. The van der Waals surface area contributed by atoms with Crippen LogP contribution in [0.5, 0.6) is 0 Å². The number of nitrogens with zero attached hydrogens (tertiary/aromatic N) is 3. The van der Waals surface area contributed by atoms with Gasteiger partial charge in [0.15, 0.2) is 0 Å². The molecule has 1 unspecified atom stereocenters. The largest absolute Gasteiger partial charge is 0.375 e. The predicted octanol–water partition coefficient (Wildman–Crippen LogP) is 1.47. The Morgan fingerprint density at radius 1 is 0.867 bits per heavy atom. The Kier molecular flexibility index (Phi) is 6.10. The molecule has 4 heterocycles. The molecule has 3 fully saturated rings. The van der Waals surface area contributed by atoms with Crippen molar-refractivity contribution >= 4 is 11.6 Å². The van der Waals surface area contributed by atoms with Gasteiger partial charge in [0.1, 0.15) is 18.2 Å². The zero-order chi connectivity index (χ0) is 20.3. The van der Waals surface area contributed by atoms with Crippen LogP contribution in [0, 0.1) is 11.3 Å². The fraction of sp³-hybridized carbons (Fsp3) is 0.750. The van der Waals surface area contributed by atoms with Gasteiger partial charge in [-0.05, 0) is 50.5 Å². The second-order valence-corrected chi connectivity index (χ2v) is 9.58. The molecule has 1 atom stereocenters. The van der Waals surface area contributed by atoms with Crippen molar-refractivity contribution in [1.29, 1.82) is 5.26 Å². The first-order chi connectivity index (χ1) is 14.8. The van der Waals surface area contributed by atoms with E-state index in [2.05, 4.69) is 20.9 Å². The van der Waals surface area contributed by atoms with Gasteiger partial charge in [0.25, 0.3) is 0 Å². The molecule has 0 bridgehead atoms. The molecule has 0 radical (unpaired) electrons. The molecule has 0 aromatic carbocycles. The van der Waals surface area contributed by atoms with Crippen LogP contribution in [0.1, 0.15) is 68.1 Å². The summed E-state index contributed by atoms with van der Waals surface area (Å²) in [6.07, 6.45) is 11.7. The van der Waals surface area contributed by atoms with E-state index < -0.39 is 0 Å². The maximum Gasteiger partial charge on any atom is 0.240 e. The highest BCUT2D eigenvalue weighted by molar-refractivity contribution is 5.62. The van der Waals surface area contributed by atoms with Gasteiger partial charge < -0.3 is 9.64 Å². The van der Waals surface area contributed by atoms with E-state index in [4.69, 9.17) is 4.74 Å². The van der Waals surface area contributed by atoms with E-state index in [1.807, 2.05) is 0 Å². The number of H-pyrrole nitrogens is 1. The van der Waals surface area contributed by atoms with Crippen LogP contribution in [0.25, 0.3) is 0 Å². The van der Waals surface area contributed by atoms with Gasteiger partial charge in [-0.25, -0.2) is 4.98 Å². The number of nitriles is 1. The Labute approximate surface area is 180 Å². The first kappa shape index (κ1) is 20.1. The van der Waals surface area contributed by atoms with Crippen LogP contribution in [0.3, 0.4) is 0 Å². The molecule has 1 aromatic rings. The lowest BCUT2D eigenvalue weighted by Crippen LogP contribution is -3.15. The van der Waals surface area contributed by atoms with Gasteiger partial charge in [-0.15, -0.1) is 0 Å². The number of rotatable bonds is 3. The van der Waals surface area contributed by atoms with E-state index in [0.29, 0.717) is 0 Å². The minimum atomic E-state index is 0.793. The molecule has 5 rings (SSSR count). The fourth-order valence-electron chi connectivity index (χ4n) is 6.15. The fourth-order valence-corrected chi connectivity index (χ4v) is 6.15. The monoisotopic (exact) mass is 411 g/mol. The number of piperidine rings is 1. The minimum absolute atomic E-state index is 0.793. The predicted molar refractivity (Wildman–Crippen MR) is 117 cm³/mol. The molecule has 4 aliphatic rings. The van der Waals surface area contributed by atoms with Crippen molar-refractivity contribution < 1.29 is 14.6 Å². The molecule has 6 nitrogen and oxygen atoms in total. The lowest BCUT2D eigenvalue weighted by atomic mass is 9.89. The van der Waals surface area contributed by atoms with Crippen molar-refractivity contribution in [3.05, 3.63) is 16.7 Å². The summed E-state index contributed by atoms with van der Waals surface area (Å²) in [4.78, 5) is 10.5. The number of ether oxygens (including phenoxy) is 1. The summed E-state index contributed by atoms with van der Waals surface area (Å²) < 4.78 is 5.65. The summed E-state index contributed by atoms with van der Waals surface area (Å²) in [7, 11) is 0. The lowest BCUT2D eigenvalue weighted by molar-refractivity contribution is -0.942. The quantitative estimate of drug-likeness (QED) is 0.819. The lowest BCUT2D eigenvalue weighted by Gasteiger charge is -2.37. The van der Waals surface area contributed by atoms with Crippen molar-refractivity contribution in [1.82, 2.24) is 0 Å². The molecule has 162 valence electrons. The first-order valence-electron chi connectivity index (χ1n) is 12.3. The Bertz CT molecular complexity index is 786. The van der Waals surface area contributed by atoms with Gasteiger partial charge in [0.2, 0.25) is 11.6 Å². The number of hydrogen-bond acceptors (Lipinski definition) is 4. The van der Waals surface area contributed by atoms with Crippen LogP contribution in [0.2, 0.25) is 0 Å². The van der Waals surface area contributed by atoms with Gasteiger partial charge in [-0.2, -0.15) is 5.26 Å². The molecule has 6 heteroatoms. The highest BCUT2D eigenvalue weighted by atomic mass is 16.5. The molecule has 0 spiro atoms. The Morgan fingerprint density at radius 3 is 2.30 bits per heavy atom. The van der Waals surface area contributed by atoms with E-state index in [0.717, 1.165) is 69.8 Å². The Balaban J connectivity index is 1.54. The van der Waals surface area contributed by atoms with E-state index in [1.165, 1.54) is 74.9 Å². The summed E-state index contributed by atoms with van der Waals surface area (Å²) in [6, 6.07) is 3.42. The van der Waals surface area contributed by atoms with Crippen molar-refractivity contribution in [2.75, 3.05) is 55.7 Å². The smallest absolute Gasteiger partial charge is 0.240 e. The first-order valence-corrected chi connectivity index (χ1v) is 12.3. The van der Waals surface area contributed by atoms with Gasteiger partial charge in [-0.1, -0.05) is 6.42 Å². The van der Waals surface area contributed by atoms with Gasteiger partial charge in [-0.3, -0.25) is 9.80 Å². The number of aromatic amines is 1. The maximum absolute atomic E-state index is 10.2. The molecule has 1 saturated carbocycles. The summed E-state index contributed by atoms with van der Waals surface area (Å²) in [5, 5.41) is 10.2. The number of morpholine rings is 1. The topological polar surface area (TPSA) is 58.1 Å². The second-order valence-electron chi connectivity index (χ2n) is 9.58. The summed E-state index contributed by atoms with van der Waals surface area (Å²) in [6.45, 7) is 7.83. The molecule has 0 amide bonds. The van der Waals surface area contributed by atoms with Gasteiger partial charge in [0, 0.05) is 6.42 Å². The molecule has 2 N–H and O–H groups in total. The summed E-state index contributed by atoms with van der Waals surface area (Å²) in [5.74, 6) is 2.36.